The van der Waals surface area contributed by atoms with E-state index in [0.717, 1.165) is 22.4 Å². The first-order valence-electron chi connectivity index (χ1n) is 11.1. The molecule has 0 spiro atoms. The molecule has 176 valence electrons. The lowest BCUT2D eigenvalue weighted by atomic mass is 9.97. The fourth-order valence-electron chi connectivity index (χ4n) is 4.03. The van der Waals surface area contributed by atoms with Crippen LogP contribution >= 0.6 is 0 Å². The molecule has 0 radical (unpaired) electrons. The van der Waals surface area contributed by atoms with Gasteiger partial charge in [-0.1, -0.05) is 54.6 Å². The largest absolute Gasteiger partial charge is 0.479 e. The number of rotatable bonds is 9. The molecule has 9 nitrogen and oxygen atoms in total. The number of hydrazine groups is 1. The molecule has 5 N–H and O–H groups in total. The van der Waals surface area contributed by atoms with Gasteiger partial charge < -0.3 is 15.5 Å². The van der Waals surface area contributed by atoms with Gasteiger partial charge >= 0.3 is 5.97 Å². The van der Waals surface area contributed by atoms with Gasteiger partial charge in [0.1, 0.15) is 6.04 Å². The smallest absolute Gasteiger partial charge is 0.332 e. The Balaban J connectivity index is 1.41. The molecule has 2 heterocycles. The Bertz CT molecular complexity index is 1100. The normalized spacial score (nSPS) is 19.3. The molecular formula is C25H27N5O4. The first-order valence-corrected chi connectivity index (χ1v) is 11.1. The van der Waals surface area contributed by atoms with Gasteiger partial charge in [-0.3, -0.25) is 14.8 Å². The first-order chi connectivity index (χ1) is 16.5. The number of nitrogens with one attached hydrogen (secondary N) is 3. The molecule has 1 fully saturated rings. The van der Waals surface area contributed by atoms with Crippen molar-refractivity contribution in [3.8, 4) is 11.1 Å². The van der Waals surface area contributed by atoms with Crippen LogP contribution in [-0.4, -0.2) is 50.2 Å². The summed E-state index contributed by atoms with van der Waals surface area (Å²) in [5.41, 5.74) is 9.83. The van der Waals surface area contributed by atoms with E-state index in [1.165, 1.54) is 0 Å². The molecular weight excluding hydrogens is 434 g/mol. The molecule has 1 aliphatic heterocycles. The maximum absolute atomic E-state index is 12.9. The van der Waals surface area contributed by atoms with Gasteiger partial charge in [0, 0.05) is 24.9 Å². The number of hydrogen-bond donors (Lipinski definition) is 5. The number of carbonyl (C=O) groups excluding carboxylic acids is 1. The average molecular weight is 462 g/mol. The van der Waals surface area contributed by atoms with Crippen molar-refractivity contribution in [3.05, 3.63) is 84.4 Å². The Kier molecular flexibility index (Phi) is 7.58. The highest BCUT2D eigenvalue weighted by Gasteiger charge is 2.32. The van der Waals surface area contributed by atoms with Crippen molar-refractivity contribution in [3.63, 3.8) is 0 Å². The summed E-state index contributed by atoms with van der Waals surface area (Å²) in [6.07, 6.45) is 4.00. The number of aliphatic hydroxyl groups is 1. The van der Waals surface area contributed by atoms with Gasteiger partial charge in [0.2, 0.25) is 5.91 Å². The molecule has 3 aromatic rings. The minimum Gasteiger partial charge on any atom is -0.479 e. The van der Waals surface area contributed by atoms with Crippen LogP contribution in [0.1, 0.15) is 30.1 Å². The molecule has 2 aromatic carbocycles. The quantitative estimate of drug-likeness (QED) is 0.324. The lowest BCUT2D eigenvalue weighted by molar-refractivity contribution is -0.147. The van der Waals surface area contributed by atoms with E-state index in [-0.39, 0.29) is 18.4 Å². The zero-order valence-electron chi connectivity index (χ0n) is 18.5. The first kappa shape index (κ1) is 23.5. The third-order valence-electron chi connectivity index (χ3n) is 5.84. The van der Waals surface area contributed by atoms with E-state index >= 15 is 0 Å². The number of aromatic nitrogens is 2. The molecule has 4 atom stereocenters. The fraction of sp³-hybridized carbons (Fsp3) is 0.280. The Labute approximate surface area is 197 Å². The summed E-state index contributed by atoms with van der Waals surface area (Å²) in [6, 6.07) is 16.6. The minimum atomic E-state index is -1.57. The van der Waals surface area contributed by atoms with Crippen LogP contribution in [0.25, 0.3) is 11.1 Å². The Morgan fingerprint density at radius 1 is 1.03 bits per heavy atom. The number of carboxylic acids is 1. The number of carboxylic acid groups (broad SMARTS) is 1. The van der Waals surface area contributed by atoms with Crippen LogP contribution in [0.4, 0.5) is 0 Å². The highest BCUT2D eigenvalue weighted by Crippen LogP contribution is 2.22. The fourth-order valence-corrected chi connectivity index (χ4v) is 4.03. The second kappa shape index (κ2) is 11.0. The van der Waals surface area contributed by atoms with Crippen LogP contribution in [-0.2, 0) is 16.0 Å². The summed E-state index contributed by atoms with van der Waals surface area (Å²) < 4.78 is 0. The summed E-state index contributed by atoms with van der Waals surface area (Å²) in [5, 5.41) is 22.0. The average Bonchev–Trinajstić information content (AvgIpc) is 3.36. The predicted molar refractivity (Wildman–Crippen MR) is 125 cm³/mol. The van der Waals surface area contributed by atoms with Crippen LogP contribution in [0, 0.1) is 0 Å². The number of aliphatic hydroxyl groups excluding tert-OH is 1. The number of carbonyl (C=O) groups is 2. The zero-order chi connectivity index (χ0) is 23.9. The van der Waals surface area contributed by atoms with Gasteiger partial charge in [0.05, 0.1) is 17.9 Å². The van der Waals surface area contributed by atoms with Gasteiger partial charge in [-0.15, -0.1) is 0 Å². The van der Waals surface area contributed by atoms with Crippen molar-refractivity contribution >= 4 is 11.9 Å². The number of aliphatic carboxylic acids is 1. The topological polar surface area (TPSA) is 136 Å². The van der Waals surface area contributed by atoms with Gasteiger partial charge in [-0.25, -0.2) is 15.6 Å². The number of amides is 1. The highest BCUT2D eigenvalue weighted by atomic mass is 16.4. The Morgan fingerprint density at radius 2 is 1.76 bits per heavy atom. The van der Waals surface area contributed by atoms with Crippen LogP contribution in [0.15, 0.2) is 73.2 Å². The SMILES string of the molecule is O=C(N[C@H](Cc1ccc(-c2ccccc2)cc1)C[C@@H](O)C(=O)O)C1CC(c2cnccn2)NN1. The van der Waals surface area contributed by atoms with Gasteiger partial charge in [-0.05, 0) is 29.5 Å². The molecule has 1 aliphatic rings. The summed E-state index contributed by atoms with van der Waals surface area (Å²) in [7, 11) is 0. The maximum Gasteiger partial charge on any atom is 0.332 e. The second-order valence-electron chi connectivity index (χ2n) is 8.32. The van der Waals surface area contributed by atoms with E-state index in [9.17, 15) is 14.7 Å². The Hall–Kier alpha value is -3.66. The monoisotopic (exact) mass is 461 g/mol. The summed E-state index contributed by atoms with van der Waals surface area (Å²) in [6.45, 7) is 0. The standard InChI is InChI=1S/C25H27N5O4/c31-23(25(33)34)13-19(12-16-6-8-18(9-7-16)17-4-2-1-3-5-17)28-24(32)21-14-20(29-30-21)22-15-26-10-11-27-22/h1-11,15,19-21,23,29-31H,12-14H2,(H,28,32)(H,33,34)/t19-,20?,21?,23-/m1/s1. The van der Waals surface area contributed by atoms with E-state index in [2.05, 4.69) is 26.1 Å². The van der Waals surface area contributed by atoms with Crippen LogP contribution < -0.4 is 16.2 Å². The molecule has 0 bridgehead atoms. The van der Waals surface area contributed by atoms with E-state index in [1.54, 1.807) is 18.6 Å². The van der Waals surface area contributed by atoms with E-state index in [1.807, 2.05) is 54.6 Å². The van der Waals surface area contributed by atoms with E-state index in [4.69, 9.17) is 5.11 Å². The number of hydrogen-bond acceptors (Lipinski definition) is 7. The van der Waals surface area contributed by atoms with Crippen molar-refractivity contribution in [2.24, 2.45) is 0 Å². The maximum atomic E-state index is 12.9. The van der Waals surface area contributed by atoms with Crippen molar-refractivity contribution < 1.29 is 19.8 Å². The third-order valence-corrected chi connectivity index (χ3v) is 5.84. The lowest BCUT2D eigenvalue weighted by Gasteiger charge is -2.22. The van der Waals surface area contributed by atoms with E-state index in [0.29, 0.717) is 12.8 Å². The Morgan fingerprint density at radius 3 is 2.44 bits per heavy atom. The van der Waals surface area contributed by atoms with Crippen molar-refractivity contribution in [2.75, 3.05) is 0 Å². The molecule has 34 heavy (non-hydrogen) atoms. The third kappa shape index (κ3) is 6.02. The summed E-state index contributed by atoms with van der Waals surface area (Å²) >= 11 is 0. The van der Waals surface area contributed by atoms with Crippen LogP contribution in [0.2, 0.25) is 0 Å². The highest BCUT2D eigenvalue weighted by molar-refractivity contribution is 5.82. The van der Waals surface area contributed by atoms with Gasteiger partial charge in [0.25, 0.3) is 0 Å². The number of benzene rings is 2. The summed E-state index contributed by atoms with van der Waals surface area (Å²) in [4.78, 5) is 32.5. The molecule has 4 rings (SSSR count). The molecule has 1 amide bonds. The van der Waals surface area contributed by atoms with Gasteiger partial charge in [0.15, 0.2) is 6.10 Å². The molecule has 1 aromatic heterocycles. The van der Waals surface area contributed by atoms with Crippen LogP contribution in [0.5, 0.6) is 0 Å². The van der Waals surface area contributed by atoms with Crippen molar-refractivity contribution in [2.45, 2.75) is 43.5 Å². The molecule has 1 saturated heterocycles. The van der Waals surface area contributed by atoms with Crippen LogP contribution in [0.3, 0.4) is 0 Å². The zero-order valence-corrected chi connectivity index (χ0v) is 18.5. The summed E-state index contributed by atoms with van der Waals surface area (Å²) in [5.74, 6) is -1.59. The minimum absolute atomic E-state index is 0.102. The molecule has 9 heteroatoms. The van der Waals surface area contributed by atoms with Crippen molar-refractivity contribution in [1.29, 1.82) is 0 Å². The lowest BCUT2D eigenvalue weighted by Crippen LogP contribution is -2.48. The number of nitrogens with zero attached hydrogens (tertiary/aromatic N) is 2. The second-order valence-corrected chi connectivity index (χ2v) is 8.32. The molecule has 2 unspecified atom stereocenters. The molecule has 0 saturated carbocycles. The van der Waals surface area contributed by atoms with Crippen molar-refractivity contribution in [1.82, 2.24) is 26.1 Å². The predicted octanol–water partition coefficient (Wildman–Crippen LogP) is 1.61. The molecule has 0 aliphatic carbocycles. The van der Waals surface area contributed by atoms with E-state index < -0.39 is 24.2 Å². The van der Waals surface area contributed by atoms with Gasteiger partial charge in [-0.2, -0.15) is 0 Å².